The van der Waals surface area contributed by atoms with Gasteiger partial charge in [0.15, 0.2) is 0 Å². The number of methoxy groups -OCH3 is 2. The van der Waals surface area contributed by atoms with Crippen LogP contribution in [0, 0.1) is 0 Å². The van der Waals surface area contributed by atoms with Crippen molar-refractivity contribution >= 4 is 16.3 Å². The third kappa shape index (κ3) is 2.65. The van der Waals surface area contributed by atoms with E-state index in [0.29, 0.717) is 0 Å². The topological polar surface area (TPSA) is 44.5 Å². The predicted molar refractivity (Wildman–Crippen MR) is 92.7 cm³/mol. The van der Waals surface area contributed by atoms with Gasteiger partial charge in [-0.15, -0.1) is 11.3 Å². The van der Waals surface area contributed by atoms with Gasteiger partial charge in [-0.3, -0.25) is 0 Å². The molecule has 112 valence electrons. The minimum Gasteiger partial charge on any atom is -0.497 e. The minimum absolute atomic E-state index is 0.816. The highest BCUT2D eigenvalue weighted by Gasteiger charge is 2.13. The first kappa shape index (κ1) is 14.5. The van der Waals surface area contributed by atoms with E-state index in [1.807, 2.05) is 48.5 Å². The van der Waals surface area contributed by atoms with Crippen LogP contribution in [0.2, 0.25) is 0 Å². The smallest absolute Gasteiger partial charge is 0.118 e. The molecular weight excluding hydrogens is 294 g/mol. The Kier molecular flexibility index (Phi) is 4.02. The summed E-state index contributed by atoms with van der Waals surface area (Å²) in [7, 11) is 3.33. The van der Waals surface area contributed by atoms with Gasteiger partial charge >= 0.3 is 0 Å². The zero-order chi connectivity index (χ0) is 15.5. The molecule has 22 heavy (non-hydrogen) atoms. The third-order valence-electron chi connectivity index (χ3n) is 3.60. The second kappa shape index (κ2) is 6.12. The van der Waals surface area contributed by atoms with Crippen molar-refractivity contribution in [2.75, 3.05) is 20.0 Å². The molecule has 0 aliphatic heterocycles. The zero-order valence-corrected chi connectivity index (χ0v) is 13.3. The van der Waals surface area contributed by atoms with Crippen molar-refractivity contribution in [3.8, 4) is 33.8 Å². The molecule has 3 aromatic rings. The van der Waals surface area contributed by atoms with Crippen LogP contribution in [0.4, 0.5) is 5.00 Å². The average molecular weight is 311 g/mol. The minimum atomic E-state index is 0.816. The van der Waals surface area contributed by atoms with E-state index < -0.39 is 0 Å². The van der Waals surface area contributed by atoms with Crippen molar-refractivity contribution in [3.05, 3.63) is 53.9 Å². The van der Waals surface area contributed by atoms with Crippen LogP contribution in [0.3, 0.4) is 0 Å². The molecule has 2 N–H and O–H groups in total. The van der Waals surface area contributed by atoms with Gasteiger partial charge in [0, 0.05) is 16.5 Å². The van der Waals surface area contributed by atoms with E-state index in [-0.39, 0.29) is 0 Å². The molecule has 0 atom stereocenters. The van der Waals surface area contributed by atoms with Gasteiger partial charge < -0.3 is 15.2 Å². The van der Waals surface area contributed by atoms with Gasteiger partial charge in [-0.05, 0) is 35.4 Å². The number of nitrogen functional groups attached to an aromatic ring is 1. The van der Waals surface area contributed by atoms with E-state index in [1.165, 1.54) is 0 Å². The Morgan fingerprint density at radius 1 is 0.773 bits per heavy atom. The number of nitrogens with two attached hydrogens (primary N) is 1. The Morgan fingerprint density at radius 2 is 1.27 bits per heavy atom. The molecule has 4 heteroatoms. The van der Waals surface area contributed by atoms with Crippen LogP contribution in [0.1, 0.15) is 0 Å². The number of hydrogen-bond acceptors (Lipinski definition) is 4. The summed E-state index contributed by atoms with van der Waals surface area (Å²) in [6.45, 7) is 0. The summed E-state index contributed by atoms with van der Waals surface area (Å²) < 4.78 is 10.4. The van der Waals surface area contributed by atoms with Gasteiger partial charge in [0.05, 0.1) is 19.2 Å². The summed E-state index contributed by atoms with van der Waals surface area (Å²) in [4.78, 5) is 0. The Balaban J connectivity index is 2.05. The predicted octanol–water partition coefficient (Wildman–Crippen LogP) is 4.68. The van der Waals surface area contributed by atoms with Gasteiger partial charge in [0.1, 0.15) is 11.5 Å². The Bertz CT molecular complexity index is 761. The molecule has 2 aromatic carbocycles. The highest BCUT2D eigenvalue weighted by molar-refractivity contribution is 7.15. The summed E-state index contributed by atoms with van der Waals surface area (Å²) >= 11 is 1.56. The van der Waals surface area contributed by atoms with E-state index in [2.05, 4.69) is 5.38 Å². The fourth-order valence-electron chi connectivity index (χ4n) is 2.41. The molecule has 3 rings (SSSR count). The summed E-state index contributed by atoms with van der Waals surface area (Å²) in [5.74, 6) is 1.68. The van der Waals surface area contributed by atoms with E-state index in [9.17, 15) is 0 Å². The largest absolute Gasteiger partial charge is 0.497 e. The Labute approximate surface area is 133 Å². The molecule has 3 nitrogen and oxygen atoms in total. The Hall–Kier alpha value is -2.46. The standard InChI is InChI=1S/C18H17NO2S/c1-20-14-7-3-12(4-8-14)16-11-22-18(19)17(16)13-5-9-15(21-2)10-6-13/h3-11H,19H2,1-2H3. The molecule has 0 aliphatic carbocycles. The van der Waals surface area contributed by atoms with Crippen LogP contribution in [-0.4, -0.2) is 14.2 Å². The summed E-state index contributed by atoms with van der Waals surface area (Å²) in [5.41, 5.74) is 10.6. The molecule has 0 amide bonds. The van der Waals surface area contributed by atoms with Crippen molar-refractivity contribution in [3.63, 3.8) is 0 Å². The lowest BCUT2D eigenvalue weighted by Gasteiger charge is -2.08. The molecule has 0 radical (unpaired) electrons. The normalized spacial score (nSPS) is 10.5. The highest BCUT2D eigenvalue weighted by atomic mass is 32.1. The number of thiophene rings is 1. The quantitative estimate of drug-likeness (QED) is 0.760. The number of rotatable bonds is 4. The lowest BCUT2D eigenvalue weighted by Crippen LogP contribution is -1.88. The molecule has 0 bridgehead atoms. The van der Waals surface area contributed by atoms with Gasteiger partial charge in [0.25, 0.3) is 0 Å². The number of hydrogen-bond donors (Lipinski definition) is 1. The van der Waals surface area contributed by atoms with Crippen LogP contribution in [-0.2, 0) is 0 Å². The maximum Gasteiger partial charge on any atom is 0.118 e. The number of anilines is 1. The fourth-order valence-corrected chi connectivity index (χ4v) is 3.26. The van der Waals surface area contributed by atoms with Crippen LogP contribution >= 0.6 is 11.3 Å². The SMILES string of the molecule is COc1ccc(-c2csc(N)c2-c2ccc(OC)cc2)cc1. The summed E-state index contributed by atoms with van der Waals surface area (Å²) in [6, 6.07) is 16.0. The summed E-state index contributed by atoms with van der Waals surface area (Å²) in [5, 5.41) is 2.91. The maximum atomic E-state index is 6.20. The highest BCUT2D eigenvalue weighted by Crippen LogP contribution is 2.41. The number of ether oxygens (including phenoxy) is 2. The molecular formula is C18H17NO2S. The average Bonchev–Trinajstić information content (AvgIpc) is 2.96. The van der Waals surface area contributed by atoms with Crippen molar-refractivity contribution in [1.82, 2.24) is 0 Å². The van der Waals surface area contributed by atoms with Crippen molar-refractivity contribution in [2.45, 2.75) is 0 Å². The molecule has 0 saturated heterocycles. The maximum absolute atomic E-state index is 6.20. The molecule has 1 heterocycles. The number of benzene rings is 2. The first-order valence-electron chi connectivity index (χ1n) is 6.88. The molecule has 0 spiro atoms. The van der Waals surface area contributed by atoms with Crippen LogP contribution in [0.15, 0.2) is 53.9 Å². The van der Waals surface area contributed by atoms with Crippen LogP contribution < -0.4 is 15.2 Å². The first-order valence-corrected chi connectivity index (χ1v) is 7.76. The lowest BCUT2D eigenvalue weighted by molar-refractivity contribution is 0.414. The van der Waals surface area contributed by atoms with Crippen molar-refractivity contribution < 1.29 is 9.47 Å². The van der Waals surface area contributed by atoms with E-state index in [0.717, 1.165) is 38.8 Å². The molecule has 0 saturated carbocycles. The van der Waals surface area contributed by atoms with Crippen LogP contribution in [0.5, 0.6) is 11.5 Å². The second-order valence-electron chi connectivity index (χ2n) is 4.85. The van der Waals surface area contributed by atoms with Gasteiger partial charge in [-0.2, -0.15) is 0 Å². The van der Waals surface area contributed by atoms with E-state index in [1.54, 1.807) is 25.6 Å². The molecule has 0 fully saturated rings. The van der Waals surface area contributed by atoms with Gasteiger partial charge in [-0.25, -0.2) is 0 Å². The second-order valence-corrected chi connectivity index (χ2v) is 5.76. The first-order chi connectivity index (χ1) is 10.7. The van der Waals surface area contributed by atoms with Crippen molar-refractivity contribution in [1.29, 1.82) is 0 Å². The monoisotopic (exact) mass is 311 g/mol. The third-order valence-corrected chi connectivity index (χ3v) is 4.41. The molecule has 0 unspecified atom stereocenters. The zero-order valence-electron chi connectivity index (χ0n) is 12.5. The summed E-state index contributed by atoms with van der Waals surface area (Å²) in [6.07, 6.45) is 0. The van der Waals surface area contributed by atoms with Gasteiger partial charge in [-0.1, -0.05) is 24.3 Å². The molecule has 1 aromatic heterocycles. The van der Waals surface area contributed by atoms with Gasteiger partial charge in [0.2, 0.25) is 0 Å². The molecule has 0 aliphatic rings. The van der Waals surface area contributed by atoms with Crippen molar-refractivity contribution in [2.24, 2.45) is 0 Å². The fraction of sp³-hybridized carbons (Fsp3) is 0.111. The van der Waals surface area contributed by atoms with E-state index >= 15 is 0 Å². The Morgan fingerprint density at radius 3 is 1.77 bits per heavy atom. The van der Waals surface area contributed by atoms with Crippen LogP contribution in [0.25, 0.3) is 22.3 Å². The van der Waals surface area contributed by atoms with E-state index in [4.69, 9.17) is 15.2 Å². The lowest BCUT2D eigenvalue weighted by atomic mass is 9.98.